The van der Waals surface area contributed by atoms with Crippen LogP contribution in [0.2, 0.25) is 5.02 Å². The van der Waals surface area contributed by atoms with Crippen molar-refractivity contribution >= 4 is 46.1 Å². The Morgan fingerprint density at radius 1 is 1.32 bits per heavy atom. The number of hydrogen-bond donors (Lipinski definition) is 1. The molecule has 3 heterocycles. The van der Waals surface area contributed by atoms with E-state index in [4.69, 9.17) is 16.3 Å². The number of carbonyl (C=O) groups is 1. The van der Waals surface area contributed by atoms with Crippen molar-refractivity contribution in [2.24, 2.45) is 0 Å². The van der Waals surface area contributed by atoms with Gasteiger partial charge >= 0.3 is 0 Å². The summed E-state index contributed by atoms with van der Waals surface area (Å²) in [4.78, 5) is 23.7. The molecule has 164 valence electrons. The molecule has 3 aromatic rings. The van der Waals surface area contributed by atoms with Gasteiger partial charge in [-0.2, -0.15) is 5.10 Å². The van der Waals surface area contributed by atoms with E-state index in [0.29, 0.717) is 37.1 Å². The lowest BCUT2D eigenvalue weighted by molar-refractivity contribution is -0.120. The van der Waals surface area contributed by atoms with Crippen LogP contribution in [0, 0.1) is 5.82 Å². The third kappa shape index (κ3) is 4.91. The zero-order valence-electron chi connectivity index (χ0n) is 17.0. The molecule has 1 aliphatic heterocycles. The first kappa shape index (κ1) is 21.8. The van der Waals surface area contributed by atoms with Crippen LogP contribution < -0.4 is 10.2 Å². The minimum atomic E-state index is -0.488. The predicted octanol–water partition coefficient (Wildman–Crippen LogP) is 2.54. The topological polar surface area (TPSA) is 85.2 Å². The number of thioether (sulfide) groups is 1. The van der Waals surface area contributed by atoms with Gasteiger partial charge in [0.15, 0.2) is 10.8 Å². The second-order valence-electron chi connectivity index (χ2n) is 6.97. The molecule has 0 radical (unpaired) electrons. The van der Waals surface area contributed by atoms with Crippen LogP contribution in [0.1, 0.15) is 5.56 Å². The quantitative estimate of drug-likeness (QED) is 0.425. The number of halogens is 2. The van der Waals surface area contributed by atoms with Crippen LogP contribution in [0.5, 0.6) is 0 Å². The molecule has 8 nitrogen and oxygen atoms in total. The van der Waals surface area contributed by atoms with Crippen LogP contribution >= 0.6 is 23.4 Å². The van der Waals surface area contributed by atoms with Crippen LogP contribution in [0.3, 0.4) is 0 Å². The van der Waals surface area contributed by atoms with Gasteiger partial charge in [0.2, 0.25) is 5.91 Å². The van der Waals surface area contributed by atoms with Crippen molar-refractivity contribution in [1.29, 1.82) is 0 Å². The number of anilines is 1. The van der Waals surface area contributed by atoms with Gasteiger partial charge in [-0.15, -0.1) is 0 Å². The second kappa shape index (κ2) is 9.80. The van der Waals surface area contributed by atoms with E-state index in [-0.39, 0.29) is 22.9 Å². The molecule has 1 N–H and O–H groups in total. The number of nitrogens with zero attached hydrogens (tertiary/aromatic N) is 5. The van der Waals surface area contributed by atoms with Crippen LogP contribution in [0.4, 0.5) is 10.2 Å². The highest BCUT2D eigenvalue weighted by Gasteiger charge is 2.20. The summed E-state index contributed by atoms with van der Waals surface area (Å²) in [5.41, 5.74) is 0.908. The summed E-state index contributed by atoms with van der Waals surface area (Å²) in [5.74, 6) is 0.0525. The second-order valence-corrected chi connectivity index (χ2v) is 8.15. The fourth-order valence-electron chi connectivity index (χ4n) is 3.42. The van der Waals surface area contributed by atoms with Crippen LogP contribution in [0.25, 0.3) is 11.0 Å². The molecule has 1 saturated heterocycles. The van der Waals surface area contributed by atoms with Crippen LogP contribution in [-0.2, 0) is 22.5 Å². The molecule has 1 amide bonds. The summed E-state index contributed by atoms with van der Waals surface area (Å²) in [6.07, 6.45) is 3.57. The van der Waals surface area contributed by atoms with E-state index >= 15 is 0 Å². The highest BCUT2D eigenvalue weighted by Crippen LogP contribution is 2.27. The van der Waals surface area contributed by atoms with Crippen molar-refractivity contribution in [3.05, 3.63) is 40.8 Å². The van der Waals surface area contributed by atoms with Crippen molar-refractivity contribution in [3.8, 4) is 0 Å². The van der Waals surface area contributed by atoms with Crippen molar-refractivity contribution < 1.29 is 13.9 Å². The Hall–Kier alpha value is -2.43. The SMILES string of the molecule is CSc1nc(N2CCOCC2)c2cnn(CCNC(=O)Cc3c(F)cccc3Cl)c2n1. The van der Waals surface area contributed by atoms with E-state index in [1.165, 1.54) is 23.9 Å². The minimum Gasteiger partial charge on any atom is -0.378 e. The van der Waals surface area contributed by atoms with Gasteiger partial charge in [-0.1, -0.05) is 29.4 Å². The molecule has 0 unspecified atom stereocenters. The minimum absolute atomic E-state index is 0.120. The molecule has 0 atom stereocenters. The summed E-state index contributed by atoms with van der Waals surface area (Å²) in [5, 5.41) is 9.01. The van der Waals surface area contributed by atoms with Gasteiger partial charge in [0.25, 0.3) is 0 Å². The molecule has 0 spiro atoms. The number of nitrogens with one attached hydrogen (secondary N) is 1. The lowest BCUT2D eigenvalue weighted by atomic mass is 10.1. The van der Waals surface area contributed by atoms with E-state index in [1.54, 1.807) is 16.9 Å². The summed E-state index contributed by atoms with van der Waals surface area (Å²) < 4.78 is 21.1. The Morgan fingerprint density at radius 2 is 2.13 bits per heavy atom. The Kier molecular flexibility index (Phi) is 6.89. The van der Waals surface area contributed by atoms with Gasteiger partial charge in [0.05, 0.1) is 37.8 Å². The van der Waals surface area contributed by atoms with E-state index in [2.05, 4.69) is 25.3 Å². The van der Waals surface area contributed by atoms with E-state index < -0.39 is 5.82 Å². The molecule has 1 fully saturated rings. The lowest BCUT2D eigenvalue weighted by Crippen LogP contribution is -2.37. The molecule has 0 aliphatic carbocycles. The predicted molar refractivity (Wildman–Crippen MR) is 118 cm³/mol. The maximum Gasteiger partial charge on any atom is 0.224 e. The number of morpholine rings is 1. The molecule has 0 saturated carbocycles. The largest absolute Gasteiger partial charge is 0.378 e. The first-order valence-electron chi connectivity index (χ1n) is 9.86. The molecular formula is C20H22ClFN6O2S. The summed E-state index contributed by atoms with van der Waals surface area (Å²) in [7, 11) is 0. The van der Waals surface area contributed by atoms with E-state index in [9.17, 15) is 9.18 Å². The number of ether oxygens (including phenoxy) is 1. The van der Waals surface area contributed by atoms with Crippen LogP contribution in [0.15, 0.2) is 29.6 Å². The Bertz CT molecular complexity index is 1070. The third-order valence-electron chi connectivity index (χ3n) is 4.99. The van der Waals surface area contributed by atoms with E-state index in [0.717, 1.165) is 24.3 Å². The zero-order valence-corrected chi connectivity index (χ0v) is 18.5. The van der Waals surface area contributed by atoms with Gasteiger partial charge in [-0.25, -0.2) is 19.0 Å². The summed E-state index contributed by atoms with van der Waals surface area (Å²) >= 11 is 7.47. The Balaban J connectivity index is 1.45. The number of rotatable bonds is 7. The number of carbonyl (C=O) groups excluding carboxylic acids is 1. The molecule has 11 heteroatoms. The molecule has 1 aliphatic rings. The van der Waals surface area contributed by atoms with Gasteiger partial charge in [0, 0.05) is 30.2 Å². The van der Waals surface area contributed by atoms with E-state index in [1.807, 2.05) is 6.26 Å². The maximum absolute atomic E-state index is 13.9. The molecule has 2 aromatic heterocycles. The number of amides is 1. The molecular weight excluding hydrogens is 443 g/mol. The smallest absolute Gasteiger partial charge is 0.224 e. The van der Waals surface area contributed by atoms with Crippen molar-refractivity contribution in [3.63, 3.8) is 0 Å². The van der Waals surface area contributed by atoms with Crippen molar-refractivity contribution in [2.75, 3.05) is 44.0 Å². The highest BCUT2D eigenvalue weighted by atomic mass is 35.5. The van der Waals surface area contributed by atoms with Crippen molar-refractivity contribution in [1.82, 2.24) is 25.1 Å². The van der Waals surface area contributed by atoms with Crippen LogP contribution in [-0.4, -0.2) is 64.8 Å². The first-order valence-corrected chi connectivity index (χ1v) is 11.5. The third-order valence-corrected chi connectivity index (χ3v) is 5.90. The monoisotopic (exact) mass is 464 g/mol. The highest BCUT2D eigenvalue weighted by molar-refractivity contribution is 7.98. The Labute approximate surface area is 188 Å². The van der Waals surface area contributed by atoms with Crippen molar-refractivity contribution in [2.45, 2.75) is 18.1 Å². The fourth-order valence-corrected chi connectivity index (χ4v) is 4.00. The number of hydrogen-bond acceptors (Lipinski definition) is 7. The standard InChI is InChI=1S/C20H22ClFN6O2S/c1-31-20-25-18(27-7-9-30-10-8-27)14-12-24-28(19(14)26-20)6-5-23-17(29)11-13-15(21)3-2-4-16(13)22/h2-4,12H,5-11H2,1H3,(H,23,29). The number of aromatic nitrogens is 4. The molecule has 4 rings (SSSR count). The molecule has 1 aromatic carbocycles. The number of benzene rings is 1. The fraction of sp³-hybridized carbons (Fsp3) is 0.400. The van der Waals surface area contributed by atoms with Gasteiger partial charge in [0.1, 0.15) is 11.6 Å². The van der Waals surface area contributed by atoms with Gasteiger partial charge in [-0.3, -0.25) is 4.79 Å². The lowest BCUT2D eigenvalue weighted by Gasteiger charge is -2.28. The number of fused-ring (bicyclic) bond motifs is 1. The van der Waals surface area contributed by atoms with Gasteiger partial charge < -0.3 is 15.0 Å². The zero-order chi connectivity index (χ0) is 21.8. The molecule has 0 bridgehead atoms. The summed E-state index contributed by atoms with van der Waals surface area (Å²) in [6, 6.07) is 4.37. The average molecular weight is 465 g/mol. The average Bonchev–Trinajstić information content (AvgIpc) is 3.19. The van der Waals surface area contributed by atoms with Gasteiger partial charge in [-0.05, 0) is 18.4 Å². The Morgan fingerprint density at radius 3 is 2.87 bits per heavy atom. The summed E-state index contributed by atoms with van der Waals surface area (Å²) in [6.45, 7) is 3.60. The first-order chi connectivity index (χ1) is 15.1. The maximum atomic E-state index is 13.9. The normalized spacial score (nSPS) is 14.2. The molecule has 31 heavy (non-hydrogen) atoms.